The van der Waals surface area contributed by atoms with Crippen molar-refractivity contribution < 1.29 is 12.8 Å². The van der Waals surface area contributed by atoms with Gasteiger partial charge in [-0.25, -0.2) is 17.5 Å². The van der Waals surface area contributed by atoms with Gasteiger partial charge in [0.15, 0.2) is 5.03 Å². The summed E-state index contributed by atoms with van der Waals surface area (Å²) in [7, 11) is -2.09. The third-order valence-electron chi connectivity index (χ3n) is 3.05. The second-order valence-corrected chi connectivity index (χ2v) is 6.26. The largest absolute Gasteiger partial charge is 0.316 e. The van der Waals surface area contributed by atoms with E-state index in [0.29, 0.717) is 17.8 Å². The molecule has 0 saturated carbocycles. The molecule has 2 aromatic rings. The Kier molecular flexibility index (Phi) is 4.71. The summed E-state index contributed by atoms with van der Waals surface area (Å²) in [5.41, 5.74) is 1.53. The highest BCUT2D eigenvalue weighted by atomic mass is 32.2. The smallest absolute Gasteiger partial charge is 0.260 e. The lowest BCUT2D eigenvalue weighted by atomic mass is 10.2. The SMILES string of the molecule is CNCc1c(S(=O)(=O)NCc2ccccc2F)n[nH]c1C. The molecule has 0 spiro atoms. The second-order valence-electron chi connectivity index (χ2n) is 4.58. The van der Waals surface area contributed by atoms with Crippen LogP contribution in [0.4, 0.5) is 4.39 Å². The van der Waals surface area contributed by atoms with Gasteiger partial charge in [0.25, 0.3) is 10.0 Å². The Balaban J connectivity index is 2.21. The zero-order chi connectivity index (χ0) is 15.5. The Morgan fingerprint density at radius 1 is 1.29 bits per heavy atom. The number of hydrogen-bond acceptors (Lipinski definition) is 4. The topological polar surface area (TPSA) is 86.9 Å². The minimum atomic E-state index is -3.81. The second kappa shape index (κ2) is 6.33. The lowest BCUT2D eigenvalue weighted by molar-refractivity contribution is 0.569. The van der Waals surface area contributed by atoms with Crippen molar-refractivity contribution in [1.29, 1.82) is 0 Å². The molecule has 0 amide bonds. The molecule has 0 saturated heterocycles. The van der Waals surface area contributed by atoms with Gasteiger partial charge in [0, 0.05) is 29.9 Å². The van der Waals surface area contributed by atoms with E-state index >= 15 is 0 Å². The van der Waals surface area contributed by atoms with Crippen molar-refractivity contribution >= 4 is 10.0 Å². The molecule has 0 fully saturated rings. The van der Waals surface area contributed by atoms with Crippen LogP contribution in [0.25, 0.3) is 0 Å². The third-order valence-corrected chi connectivity index (χ3v) is 4.43. The monoisotopic (exact) mass is 312 g/mol. The van der Waals surface area contributed by atoms with E-state index in [9.17, 15) is 12.8 Å². The summed E-state index contributed by atoms with van der Waals surface area (Å²) in [6, 6.07) is 6.02. The molecule has 21 heavy (non-hydrogen) atoms. The standard InChI is InChI=1S/C13H17FN4O2S/c1-9-11(8-15-2)13(18-17-9)21(19,20)16-7-10-5-3-4-6-12(10)14/h3-6,15-16H,7-8H2,1-2H3,(H,17,18). The van der Waals surface area contributed by atoms with Crippen molar-refractivity contribution in [3.63, 3.8) is 0 Å². The van der Waals surface area contributed by atoms with Crippen LogP contribution in [0, 0.1) is 12.7 Å². The molecule has 114 valence electrons. The van der Waals surface area contributed by atoms with Gasteiger partial charge in [0.1, 0.15) is 5.82 Å². The summed E-state index contributed by atoms with van der Waals surface area (Å²) in [5, 5.41) is 9.32. The van der Waals surface area contributed by atoms with E-state index in [1.54, 1.807) is 26.1 Å². The Bertz CT molecular complexity index is 728. The fourth-order valence-corrected chi connectivity index (χ4v) is 3.12. The summed E-state index contributed by atoms with van der Waals surface area (Å²) in [4.78, 5) is 0. The normalized spacial score (nSPS) is 11.8. The van der Waals surface area contributed by atoms with E-state index in [2.05, 4.69) is 20.2 Å². The summed E-state index contributed by atoms with van der Waals surface area (Å²) in [6.45, 7) is 1.99. The van der Waals surface area contributed by atoms with Gasteiger partial charge in [-0.05, 0) is 20.0 Å². The maximum Gasteiger partial charge on any atom is 0.260 e. The Morgan fingerprint density at radius 2 is 2.00 bits per heavy atom. The molecule has 0 atom stereocenters. The molecule has 0 bridgehead atoms. The first-order valence-electron chi connectivity index (χ1n) is 6.37. The van der Waals surface area contributed by atoms with Crippen LogP contribution >= 0.6 is 0 Å². The number of rotatable bonds is 6. The molecule has 3 N–H and O–H groups in total. The van der Waals surface area contributed by atoms with E-state index < -0.39 is 15.8 Å². The quantitative estimate of drug-likeness (QED) is 0.744. The molecule has 6 nitrogen and oxygen atoms in total. The van der Waals surface area contributed by atoms with Crippen molar-refractivity contribution in [2.45, 2.75) is 25.0 Å². The number of aromatic amines is 1. The molecule has 8 heteroatoms. The predicted molar refractivity (Wildman–Crippen MR) is 76.5 cm³/mol. The minimum Gasteiger partial charge on any atom is -0.316 e. The number of nitrogens with one attached hydrogen (secondary N) is 3. The van der Waals surface area contributed by atoms with Crippen LogP contribution in [0.3, 0.4) is 0 Å². The highest BCUT2D eigenvalue weighted by Gasteiger charge is 2.23. The predicted octanol–water partition coefficient (Wildman–Crippen LogP) is 1.06. The highest BCUT2D eigenvalue weighted by Crippen LogP contribution is 2.16. The van der Waals surface area contributed by atoms with E-state index in [0.717, 1.165) is 0 Å². The Morgan fingerprint density at radius 3 is 2.67 bits per heavy atom. The molecular weight excluding hydrogens is 295 g/mol. The lowest BCUT2D eigenvalue weighted by Crippen LogP contribution is -2.25. The van der Waals surface area contributed by atoms with Gasteiger partial charge in [-0.3, -0.25) is 5.10 Å². The number of benzene rings is 1. The highest BCUT2D eigenvalue weighted by molar-refractivity contribution is 7.89. The molecule has 1 aromatic heterocycles. The van der Waals surface area contributed by atoms with Crippen LogP contribution in [0.2, 0.25) is 0 Å². The van der Waals surface area contributed by atoms with Crippen molar-refractivity contribution in [2.75, 3.05) is 7.05 Å². The van der Waals surface area contributed by atoms with E-state index in [-0.39, 0.29) is 17.1 Å². The molecule has 0 unspecified atom stereocenters. The van der Waals surface area contributed by atoms with Gasteiger partial charge in [0.05, 0.1) is 0 Å². The van der Waals surface area contributed by atoms with Crippen LogP contribution < -0.4 is 10.0 Å². The van der Waals surface area contributed by atoms with Gasteiger partial charge < -0.3 is 5.32 Å². The Labute approximate surface area is 122 Å². The van der Waals surface area contributed by atoms with Crippen molar-refractivity contribution in [2.24, 2.45) is 0 Å². The number of sulfonamides is 1. The number of H-pyrrole nitrogens is 1. The van der Waals surface area contributed by atoms with E-state index in [4.69, 9.17) is 0 Å². The average molecular weight is 312 g/mol. The number of hydrogen-bond donors (Lipinski definition) is 3. The lowest BCUT2D eigenvalue weighted by Gasteiger charge is -2.07. The Hall–Kier alpha value is -1.77. The molecule has 1 heterocycles. The summed E-state index contributed by atoms with van der Waals surface area (Å²) >= 11 is 0. The molecular formula is C13H17FN4O2S. The van der Waals surface area contributed by atoms with Crippen molar-refractivity contribution in [3.05, 3.63) is 46.9 Å². The zero-order valence-electron chi connectivity index (χ0n) is 11.8. The molecule has 0 aliphatic carbocycles. The summed E-state index contributed by atoms with van der Waals surface area (Å²) in [6.07, 6.45) is 0. The number of halogens is 1. The molecule has 0 aliphatic heterocycles. The molecule has 0 radical (unpaired) electrons. The number of aromatic nitrogens is 2. The van der Waals surface area contributed by atoms with Crippen molar-refractivity contribution in [3.8, 4) is 0 Å². The molecule has 2 rings (SSSR count). The van der Waals surface area contributed by atoms with Crippen LogP contribution in [0.1, 0.15) is 16.8 Å². The van der Waals surface area contributed by atoms with E-state index in [1.165, 1.54) is 12.1 Å². The van der Waals surface area contributed by atoms with Gasteiger partial charge >= 0.3 is 0 Å². The van der Waals surface area contributed by atoms with Crippen LogP contribution in [0.5, 0.6) is 0 Å². The summed E-state index contributed by atoms with van der Waals surface area (Å²) < 4.78 is 40.4. The summed E-state index contributed by atoms with van der Waals surface area (Å²) in [5.74, 6) is -0.450. The van der Waals surface area contributed by atoms with Crippen LogP contribution in [-0.4, -0.2) is 25.7 Å². The molecule has 0 aliphatic rings. The minimum absolute atomic E-state index is 0.0642. The van der Waals surface area contributed by atoms with Crippen LogP contribution in [-0.2, 0) is 23.1 Å². The maximum absolute atomic E-state index is 13.5. The third kappa shape index (κ3) is 3.46. The van der Waals surface area contributed by atoms with Gasteiger partial charge in [-0.1, -0.05) is 18.2 Å². The fourth-order valence-electron chi connectivity index (χ4n) is 1.92. The van der Waals surface area contributed by atoms with Gasteiger partial charge in [0.2, 0.25) is 0 Å². The molecule has 1 aromatic carbocycles. The zero-order valence-corrected chi connectivity index (χ0v) is 12.6. The fraction of sp³-hybridized carbons (Fsp3) is 0.308. The van der Waals surface area contributed by atoms with E-state index in [1.807, 2.05) is 0 Å². The first kappa shape index (κ1) is 15.6. The maximum atomic E-state index is 13.5. The van der Waals surface area contributed by atoms with Gasteiger partial charge in [-0.15, -0.1) is 0 Å². The first-order chi connectivity index (χ1) is 9.95. The van der Waals surface area contributed by atoms with Crippen molar-refractivity contribution in [1.82, 2.24) is 20.2 Å². The van der Waals surface area contributed by atoms with Crippen LogP contribution in [0.15, 0.2) is 29.3 Å². The first-order valence-corrected chi connectivity index (χ1v) is 7.85. The number of aryl methyl sites for hydroxylation is 1. The number of nitrogens with zero attached hydrogens (tertiary/aromatic N) is 1. The average Bonchev–Trinajstić information content (AvgIpc) is 2.81. The van der Waals surface area contributed by atoms with Gasteiger partial charge in [-0.2, -0.15) is 5.10 Å².